The van der Waals surface area contributed by atoms with Crippen LogP contribution < -0.4 is 0 Å². The summed E-state index contributed by atoms with van der Waals surface area (Å²) in [4.78, 5) is 14.3. The maximum absolute atomic E-state index is 12.4. The van der Waals surface area contributed by atoms with Crippen LogP contribution in [0, 0.1) is 5.41 Å². The van der Waals surface area contributed by atoms with Gasteiger partial charge in [0.15, 0.2) is 0 Å². The van der Waals surface area contributed by atoms with Crippen molar-refractivity contribution in [3.8, 4) is 5.75 Å². The van der Waals surface area contributed by atoms with Crippen LogP contribution in [0.4, 0.5) is 0 Å². The smallest absolute Gasteiger partial charge is 0.227 e. The summed E-state index contributed by atoms with van der Waals surface area (Å²) in [5.74, 6) is 0.368. The van der Waals surface area contributed by atoms with E-state index in [9.17, 15) is 9.90 Å². The minimum Gasteiger partial charge on any atom is -0.508 e. The Bertz CT molecular complexity index is 494. The Morgan fingerprint density at radius 2 is 2.30 bits per heavy atom. The number of phenolic OH excluding ortho intramolecular Hbond substituents is 1. The van der Waals surface area contributed by atoms with E-state index in [0.717, 1.165) is 44.7 Å². The van der Waals surface area contributed by atoms with Gasteiger partial charge in [-0.15, -0.1) is 0 Å². The lowest BCUT2D eigenvalue weighted by Gasteiger charge is -2.33. The monoisotopic (exact) mass is 275 g/mol. The van der Waals surface area contributed by atoms with Gasteiger partial charge in [0.05, 0.1) is 13.0 Å². The van der Waals surface area contributed by atoms with Gasteiger partial charge in [0.25, 0.3) is 0 Å². The van der Waals surface area contributed by atoms with Crippen molar-refractivity contribution in [3.05, 3.63) is 29.8 Å². The third-order valence-corrected chi connectivity index (χ3v) is 4.46. The van der Waals surface area contributed by atoms with E-state index in [1.54, 1.807) is 18.2 Å². The number of phenols is 1. The van der Waals surface area contributed by atoms with E-state index in [0.29, 0.717) is 6.42 Å². The normalized spacial score (nSPS) is 26.1. The summed E-state index contributed by atoms with van der Waals surface area (Å²) in [6.07, 6.45) is 3.70. The number of amides is 1. The zero-order valence-electron chi connectivity index (χ0n) is 11.7. The zero-order valence-corrected chi connectivity index (χ0v) is 11.7. The number of carbonyl (C=O) groups excluding carboxylic acids is 1. The predicted octanol–water partition coefficient (Wildman–Crippen LogP) is 1.96. The van der Waals surface area contributed by atoms with E-state index in [1.807, 2.05) is 11.0 Å². The molecule has 3 rings (SSSR count). The minimum atomic E-state index is 0.151. The molecule has 108 valence electrons. The summed E-state index contributed by atoms with van der Waals surface area (Å²) >= 11 is 0. The van der Waals surface area contributed by atoms with Gasteiger partial charge in [-0.2, -0.15) is 0 Å². The van der Waals surface area contributed by atoms with Crippen molar-refractivity contribution in [1.82, 2.24) is 4.90 Å². The first-order valence-corrected chi connectivity index (χ1v) is 7.30. The zero-order chi connectivity index (χ0) is 14.0. The largest absolute Gasteiger partial charge is 0.508 e. The van der Waals surface area contributed by atoms with Crippen LogP contribution in [0.15, 0.2) is 24.3 Å². The standard InChI is InChI=1S/C16H21NO3/c18-14-4-1-3-13(9-14)10-15(19)17-7-6-16(11-17)5-2-8-20-12-16/h1,3-4,9,18H,2,5-8,10-12H2/t16-/m0/s1. The van der Waals surface area contributed by atoms with Crippen LogP contribution in [0.2, 0.25) is 0 Å². The van der Waals surface area contributed by atoms with E-state index < -0.39 is 0 Å². The maximum Gasteiger partial charge on any atom is 0.227 e. The van der Waals surface area contributed by atoms with Crippen LogP contribution in [0.3, 0.4) is 0 Å². The Morgan fingerprint density at radius 1 is 1.40 bits per heavy atom. The van der Waals surface area contributed by atoms with Crippen molar-refractivity contribution in [3.63, 3.8) is 0 Å². The maximum atomic E-state index is 12.4. The Kier molecular flexibility index (Phi) is 3.66. The van der Waals surface area contributed by atoms with Crippen LogP contribution in [0.25, 0.3) is 0 Å². The second-order valence-electron chi connectivity index (χ2n) is 6.07. The molecule has 0 aromatic heterocycles. The third kappa shape index (κ3) is 2.80. The lowest BCUT2D eigenvalue weighted by molar-refractivity contribution is -0.130. The molecule has 2 aliphatic heterocycles. The molecule has 1 aromatic rings. The third-order valence-electron chi connectivity index (χ3n) is 4.46. The molecule has 1 amide bonds. The highest BCUT2D eigenvalue weighted by Gasteiger charge is 2.41. The first-order valence-electron chi connectivity index (χ1n) is 7.30. The minimum absolute atomic E-state index is 0.151. The average molecular weight is 275 g/mol. The molecule has 0 aliphatic carbocycles. The number of hydrogen-bond acceptors (Lipinski definition) is 3. The van der Waals surface area contributed by atoms with Gasteiger partial charge >= 0.3 is 0 Å². The molecule has 1 spiro atoms. The Hall–Kier alpha value is -1.55. The fraction of sp³-hybridized carbons (Fsp3) is 0.562. The van der Waals surface area contributed by atoms with Gasteiger partial charge in [-0.3, -0.25) is 4.79 Å². The summed E-state index contributed by atoms with van der Waals surface area (Å²) in [7, 11) is 0. The first kappa shape index (κ1) is 13.4. The van der Waals surface area contributed by atoms with Crippen molar-refractivity contribution in [2.75, 3.05) is 26.3 Å². The quantitative estimate of drug-likeness (QED) is 0.897. The topological polar surface area (TPSA) is 49.8 Å². The molecule has 2 heterocycles. The number of rotatable bonds is 2. The lowest BCUT2D eigenvalue weighted by atomic mass is 9.82. The van der Waals surface area contributed by atoms with Crippen molar-refractivity contribution in [2.24, 2.45) is 5.41 Å². The van der Waals surface area contributed by atoms with Crippen molar-refractivity contribution < 1.29 is 14.6 Å². The SMILES string of the molecule is O=C(Cc1cccc(O)c1)N1CC[C@@]2(CCCOC2)C1. The van der Waals surface area contributed by atoms with Gasteiger partial charge in [-0.1, -0.05) is 12.1 Å². The molecule has 0 radical (unpaired) electrons. The van der Waals surface area contributed by atoms with E-state index >= 15 is 0 Å². The molecule has 0 bridgehead atoms. The molecule has 0 unspecified atom stereocenters. The molecule has 2 aliphatic rings. The number of ether oxygens (including phenoxy) is 1. The highest BCUT2D eigenvalue weighted by atomic mass is 16.5. The van der Waals surface area contributed by atoms with Gasteiger partial charge in [0, 0.05) is 25.1 Å². The molecule has 20 heavy (non-hydrogen) atoms. The summed E-state index contributed by atoms with van der Waals surface area (Å²) in [5, 5.41) is 9.45. The highest BCUT2D eigenvalue weighted by molar-refractivity contribution is 5.79. The van der Waals surface area contributed by atoms with Crippen LogP contribution in [-0.4, -0.2) is 42.2 Å². The van der Waals surface area contributed by atoms with Crippen LogP contribution in [0.1, 0.15) is 24.8 Å². The molecule has 1 atom stereocenters. The Balaban J connectivity index is 1.61. The van der Waals surface area contributed by atoms with Crippen LogP contribution >= 0.6 is 0 Å². The fourth-order valence-corrected chi connectivity index (χ4v) is 3.33. The molecule has 4 heteroatoms. The second kappa shape index (κ2) is 5.44. The van der Waals surface area contributed by atoms with Gasteiger partial charge in [-0.05, 0) is 37.0 Å². The molecular formula is C16H21NO3. The van der Waals surface area contributed by atoms with Crippen LogP contribution in [-0.2, 0) is 16.0 Å². The molecule has 1 aromatic carbocycles. The Labute approximate surface area is 119 Å². The number of hydrogen-bond donors (Lipinski definition) is 1. The van der Waals surface area contributed by atoms with Crippen molar-refractivity contribution >= 4 is 5.91 Å². The number of carbonyl (C=O) groups is 1. The van der Waals surface area contributed by atoms with E-state index in [1.165, 1.54) is 6.42 Å². The number of likely N-dealkylation sites (tertiary alicyclic amines) is 1. The summed E-state index contributed by atoms with van der Waals surface area (Å²) < 4.78 is 5.60. The molecule has 1 N–H and O–H groups in total. The number of benzene rings is 1. The van der Waals surface area contributed by atoms with Crippen molar-refractivity contribution in [1.29, 1.82) is 0 Å². The van der Waals surface area contributed by atoms with Crippen LogP contribution in [0.5, 0.6) is 5.75 Å². The summed E-state index contributed by atoms with van der Waals surface area (Å²) in [6, 6.07) is 6.94. The second-order valence-corrected chi connectivity index (χ2v) is 6.07. The summed E-state index contributed by atoms with van der Waals surface area (Å²) in [5.41, 5.74) is 1.07. The van der Waals surface area contributed by atoms with Gasteiger partial charge in [0.1, 0.15) is 5.75 Å². The Morgan fingerprint density at radius 3 is 3.05 bits per heavy atom. The molecule has 4 nitrogen and oxygen atoms in total. The number of aromatic hydroxyl groups is 1. The van der Waals surface area contributed by atoms with Gasteiger partial charge in [-0.25, -0.2) is 0 Å². The van der Waals surface area contributed by atoms with Gasteiger partial charge < -0.3 is 14.7 Å². The molecular weight excluding hydrogens is 254 g/mol. The van der Waals surface area contributed by atoms with Crippen molar-refractivity contribution in [2.45, 2.75) is 25.7 Å². The number of nitrogens with zero attached hydrogens (tertiary/aromatic N) is 1. The average Bonchev–Trinajstić information content (AvgIpc) is 2.83. The predicted molar refractivity (Wildman–Crippen MR) is 75.5 cm³/mol. The summed E-state index contributed by atoms with van der Waals surface area (Å²) in [6.45, 7) is 3.31. The molecule has 2 fully saturated rings. The van der Waals surface area contributed by atoms with E-state index in [-0.39, 0.29) is 17.1 Å². The van der Waals surface area contributed by atoms with E-state index in [2.05, 4.69) is 0 Å². The molecule has 2 saturated heterocycles. The first-order chi connectivity index (χ1) is 9.67. The molecule has 0 saturated carbocycles. The highest BCUT2D eigenvalue weighted by Crippen LogP contribution is 2.38. The lowest BCUT2D eigenvalue weighted by Crippen LogP contribution is -2.37. The van der Waals surface area contributed by atoms with E-state index in [4.69, 9.17) is 4.74 Å². The fourth-order valence-electron chi connectivity index (χ4n) is 3.33. The van der Waals surface area contributed by atoms with Gasteiger partial charge in [0.2, 0.25) is 5.91 Å².